The van der Waals surface area contributed by atoms with Gasteiger partial charge in [-0.15, -0.1) is 0 Å². The number of ether oxygens (including phenoxy) is 2. The molecule has 60 valence electrons. The lowest BCUT2D eigenvalue weighted by atomic mass is 10.2. The molecule has 0 aliphatic carbocycles. The monoisotopic (exact) mass is 146 g/mol. The van der Waals surface area contributed by atoms with Crippen molar-refractivity contribution in [3.05, 3.63) is 0 Å². The molecule has 1 aliphatic heterocycles. The van der Waals surface area contributed by atoms with Crippen LogP contribution in [0.1, 0.15) is 13.3 Å². The Morgan fingerprint density at radius 1 is 1.70 bits per heavy atom. The fraction of sp³-hybridized carbons (Fsp3) is 1.00. The SMILES string of the molecule is COCC1CC(O)C(C)O1. The number of methoxy groups -OCH3 is 1. The maximum Gasteiger partial charge on any atom is 0.0838 e. The van der Waals surface area contributed by atoms with E-state index < -0.39 is 0 Å². The molecular formula is C7H14O3. The summed E-state index contributed by atoms with van der Waals surface area (Å²) in [6, 6.07) is 0. The van der Waals surface area contributed by atoms with Crippen molar-refractivity contribution in [2.75, 3.05) is 13.7 Å². The van der Waals surface area contributed by atoms with Crippen LogP contribution in [0, 0.1) is 0 Å². The minimum atomic E-state index is -0.305. The molecule has 0 saturated carbocycles. The topological polar surface area (TPSA) is 38.7 Å². The fourth-order valence-corrected chi connectivity index (χ4v) is 1.20. The van der Waals surface area contributed by atoms with Gasteiger partial charge in [0.15, 0.2) is 0 Å². The van der Waals surface area contributed by atoms with E-state index in [-0.39, 0.29) is 18.3 Å². The van der Waals surface area contributed by atoms with E-state index in [9.17, 15) is 5.11 Å². The van der Waals surface area contributed by atoms with Crippen LogP contribution in [0.25, 0.3) is 0 Å². The van der Waals surface area contributed by atoms with Crippen LogP contribution in [0.15, 0.2) is 0 Å². The maximum absolute atomic E-state index is 9.21. The molecular weight excluding hydrogens is 132 g/mol. The van der Waals surface area contributed by atoms with Crippen LogP contribution in [0.5, 0.6) is 0 Å². The Morgan fingerprint density at radius 3 is 2.80 bits per heavy atom. The summed E-state index contributed by atoms with van der Waals surface area (Å²) < 4.78 is 10.2. The van der Waals surface area contributed by atoms with Gasteiger partial charge in [0.2, 0.25) is 0 Å². The molecule has 1 rings (SSSR count). The van der Waals surface area contributed by atoms with Crippen LogP contribution in [-0.4, -0.2) is 37.1 Å². The van der Waals surface area contributed by atoms with Crippen LogP contribution in [0.2, 0.25) is 0 Å². The molecule has 1 saturated heterocycles. The summed E-state index contributed by atoms with van der Waals surface area (Å²) >= 11 is 0. The lowest BCUT2D eigenvalue weighted by Gasteiger charge is -2.08. The minimum Gasteiger partial charge on any atom is -0.390 e. The van der Waals surface area contributed by atoms with E-state index in [1.807, 2.05) is 6.92 Å². The van der Waals surface area contributed by atoms with Crippen molar-refractivity contribution in [1.29, 1.82) is 0 Å². The van der Waals surface area contributed by atoms with Crippen LogP contribution < -0.4 is 0 Å². The molecule has 0 aromatic carbocycles. The molecule has 1 aliphatic rings. The average molecular weight is 146 g/mol. The highest BCUT2D eigenvalue weighted by Gasteiger charge is 2.29. The molecule has 0 radical (unpaired) electrons. The molecule has 0 aromatic rings. The predicted octanol–water partition coefficient (Wildman–Crippen LogP) is 0.171. The van der Waals surface area contributed by atoms with Gasteiger partial charge in [0.05, 0.1) is 24.9 Å². The summed E-state index contributed by atoms with van der Waals surface area (Å²) in [7, 11) is 1.64. The summed E-state index contributed by atoms with van der Waals surface area (Å²) in [5, 5.41) is 9.21. The zero-order valence-electron chi connectivity index (χ0n) is 6.41. The Kier molecular flexibility index (Phi) is 2.65. The standard InChI is InChI=1S/C7H14O3/c1-5-7(8)3-6(10-5)4-9-2/h5-8H,3-4H2,1-2H3. The molecule has 3 unspecified atom stereocenters. The van der Waals surface area contributed by atoms with Crippen molar-refractivity contribution in [2.45, 2.75) is 31.7 Å². The molecule has 10 heavy (non-hydrogen) atoms. The Morgan fingerprint density at radius 2 is 2.40 bits per heavy atom. The molecule has 1 N–H and O–H groups in total. The maximum atomic E-state index is 9.21. The predicted molar refractivity (Wildman–Crippen MR) is 36.8 cm³/mol. The number of hydrogen-bond donors (Lipinski definition) is 1. The summed E-state index contributed by atoms with van der Waals surface area (Å²) in [4.78, 5) is 0. The molecule has 0 bridgehead atoms. The largest absolute Gasteiger partial charge is 0.390 e. The first-order chi connectivity index (χ1) is 4.74. The second-order valence-electron chi connectivity index (χ2n) is 2.72. The molecule has 3 heteroatoms. The van der Waals surface area contributed by atoms with Crippen molar-refractivity contribution in [3.8, 4) is 0 Å². The molecule has 1 fully saturated rings. The van der Waals surface area contributed by atoms with Gasteiger partial charge in [-0.2, -0.15) is 0 Å². The summed E-state index contributed by atoms with van der Waals surface area (Å²) in [6.07, 6.45) is 0.463. The zero-order valence-corrected chi connectivity index (χ0v) is 6.41. The number of aliphatic hydroxyl groups is 1. The van der Waals surface area contributed by atoms with Gasteiger partial charge in [0.1, 0.15) is 0 Å². The smallest absolute Gasteiger partial charge is 0.0838 e. The Bertz CT molecular complexity index is 95.0. The first kappa shape index (κ1) is 7.98. The molecule has 0 amide bonds. The third-order valence-corrected chi connectivity index (χ3v) is 1.81. The second-order valence-corrected chi connectivity index (χ2v) is 2.72. The van der Waals surface area contributed by atoms with E-state index >= 15 is 0 Å². The average Bonchev–Trinajstić information content (AvgIpc) is 2.14. The van der Waals surface area contributed by atoms with Gasteiger partial charge >= 0.3 is 0 Å². The molecule has 3 atom stereocenters. The lowest BCUT2D eigenvalue weighted by molar-refractivity contribution is -0.00910. The van der Waals surface area contributed by atoms with Crippen molar-refractivity contribution >= 4 is 0 Å². The Balaban J connectivity index is 2.27. The molecule has 0 spiro atoms. The van der Waals surface area contributed by atoms with E-state index in [4.69, 9.17) is 9.47 Å². The lowest BCUT2D eigenvalue weighted by Crippen LogP contribution is -2.15. The van der Waals surface area contributed by atoms with Gasteiger partial charge in [0, 0.05) is 13.5 Å². The van der Waals surface area contributed by atoms with Crippen LogP contribution >= 0.6 is 0 Å². The number of rotatable bonds is 2. The van der Waals surface area contributed by atoms with Crippen molar-refractivity contribution in [1.82, 2.24) is 0 Å². The van der Waals surface area contributed by atoms with Gasteiger partial charge in [-0.3, -0.25) is 0 Å². The Labute approximate surface area is 60.9 Å². The first-order valence-corrected chi connectivity index (χ1v) is 3.56. The normalized spacial score (nSPS) is 40.5. The second kappa shape index (κ2) is 3.32. The van der Waals surface area contributed by atoms with Gasteiger partial charge in [0.25, 0.3) is 0 Å². The summed E-state index contributed by atoms with van der Waals surface area (Å²) in [5.41, 5.74) is 0. The number of hydrogen-bond acceptors (Lipinski definition) is 3. The quantitative estimate of drug-likeness (QED) is 0.603. The number of aliphatic hydroxyl groups excluding tert-OH is 1. The third kappa shape index (κ3) is 1.68. The van der Waals surface area contributed by atoms with Crippen molar-refractivity contribution in [3.63, 3.8) is 0 Å². The van der Waals surface area contributed by atoms with Crippen molar-refractivity contribution in [2.24, 2.45) is 0 Å². The third-order valence-electron chi connectivity index (χ3n) is 1.81. The fourth-order valence-electron chi connectivity index (χ4n) is 1.20. The summed E-state index contributed by atoms with van der Waals surface area (Å²) in [6.45, 7) is 2.46. The van der Waals surface area contributed by atoms with Crippen molar-refractivity contribution < 1.29 is 14.6 Å². The minimum absolute atomic E-state index is 0.0276. The van der Waals surface area contributed by atoms with Gasteiger partial charge < -0.3 is 14.6 Å². The Hall–Kier alpha value is -0.120. The van der Waals surface area contributed by atoms with Crippen LogP contribution in [-0.2, 0) is 9.47 Å². The highest BCUT2D eigenvalue weighted by Crippen LogP contribution is 2.19. The van der Waals surface area contributed by atoms with Gasteiger partial charge in [-0.1, -0.05) is 0 Å². The van der Waals surface area contributed by atoms with Crippen LogP contribution in [0.4, 0.5) is 0 Å². The van der Waals surface area contributed by atoms with Gasteiger partial charge in [-0.05, 0) is 6.92 Å². The van der Waals surface area contributed by atoms with Gasteiger partial charge in [-0.25, -0.2) is 0 Å². The zero-order chi connectivity index (χ0) is 7.56. The highest BCUT2D eigenvalue weighted by atomic mass is 16.5. The first-order valence-electron chi connectivity index (χ1n) is 3.56. The molecule has 0 aromatic heterocycles. The van der Waals surface area contributed by atoms with E-state index in [0.717, 1.165) is 0 Å². The van der Waals surface area contributed by atoms with E-state index in [0.29, 0.717) is 13.0 Å². The molecule has 1 heterocycles. The van der Waals surface area contributed by atoms with E-state index in [1.54, 1.807) is 7.11 Å². The highest BCUT2D eigenvalue weighted by molar-refractivity contribution is 4.78. The summed E-state index contributed by atoms with van der Waals surface area (Å²) in [5.74, 6) is 0. The van der Waals surface area contributed by atoms with E-state index in [2.05, 4.69) is 0 Å². The van der Waals surface area contributed by atoms with Crippen LogP contribution in [0.3, 0.4) is 0 Å². The molecule has 3 nitrogen and oxygen atoms in total. The van der Waals surface area contributed by atoms with E-state index in [1.165, 1.54) is 0 Å².